The molecule has 0 aliphatic rings. The first-order chi connectivity index (χ1) is 13.9. The van der Waals surface area contributed by atoms with Crippen molar-refractivity contribution in [2.45, 2.75) is 46.8 Å². The minimum absolute atomic E-state index is 0.0294. The molecule has 0 saturated heterocycles. The molecule has 0 unspecified atom stereocenters. The highest BCUT2D eigenvalue weighted by Gasteiger charge is 2.21. The van der Waals surface area contributed by atoms with E-state index in [4.69, 9.17) is 0 Å². The SMILES string of the molecule is CCCNC(=O)Cn1c(=O)n(Cc2ccc(F)cc2)c(=O)c2c1c(C)nn2CC. The predicted molar refractivity (Wildman–Crippen MR) is 107 cm³/mol. The summed E-state index contributed by atoms with van der Waals surface area (Å²) in [6, 6.07) is 5.59. The highest BCUT2D eigenvalue weighted by Crippen LogP contribution is 2.14. The second kappa shape index (κ2) is 8.42. The summed E-state index contributed by atoms with van der Waals surface area (Å²) in [5.41, 5.74) is 0.664. The number of nitrogens with one attached hydrogen (secondary N) is 1. The first-order valence-corrected chi connectivity index (χ1v) is 9.59. The molecule has 1 N–H and O–H groups in total. The molecule has 9 heteroatoms. The Morgan fingerprint density at radius 2 is 1.79 bits per heavy atom. The van der Waals surface area contributed by atoms with Gasteiger partial charge in [0.15, 0.2) is 5.52 Å². The van der Waals surface area contributed by atoms with E-state index in [1.165, 1.54) is 33.5 Å². The minimum atomic E-state index is -0.600. The molecule has 3 aromatic rings. The second-order valence-corrected chi connectivity index (χ2v) is 6.83. The van der Waals surface area contributed by atoms with Crippen molar-refractivity contribution < 1.29 is 9.18 Å². The average molecular weight is 401 g/mol. The Bertz CT molecular complexity index is 1160. The molecule has 29 heavy (non-hydrogen) atoms. The second-order valence-electron chi connectivity index (χ2n) is 6.83. The van der Waals surface area contributed by atoms with Gasteiger partial charge in [0.05, 0.1) is 12.2 Å². The Kier molecular flexibility index (Phi) is 5.95. The Labute approximate surface area is 166 Å². The van der Waals surface area contributed by atoms with Gasteiger partial charge in [-0.25, -0.2) is 9.18 Å². The topological polar surface area (TPSA) is 90.9 Å². The molecule has 0 spiro atoms. The van der Waals surface area contributed by atoms with E-state index < -0.39 is 17.1 Å². The van der Waals surface area contributed by atoms with Crippen molar-refractivity contribution in [1.82, 2.24) is 24.2 Å². The summed E-state index contributed by atoms with van der Waals surface area (Å²) in [5, 5.41) is 7.11. The Hall–Kier alpha value is -3.23. The van der Waals surface area contributed by atoms with Crippen LogP contribution in [0.5, 0.6) is 0 Å². The molecule has 0 saturated carbocycles. The number of nitrogens with zero attached hydrogens (tertiary/aromatic N) is 4. The van der Waals surface area contributed by atoms with E-state index in [2.05, 4.69) is 10.4 Å². The van der Waals surface area contributed by atoms with Crippen LogP contribution in [0.1, 0.15) is 31.5 Å². The number of aryl methyl sites for hydroxylation is 2. The van der Waals surface area contributed by atoms with E-state index in [1.807, 2.05) is 13.8 Å². The first kappa shape index (κ1) is 20.5. The monoisotopic (exact) mass is 401 g/mol. The van der Waals surface area contributed by atoms with Gasteiger partial charge in [-0.15, -0.1) is 0 Å². The molecule has 0 atom stereocenters. The number of carbonyl (C=O) groups excluding carboxylic acids is 1. The molecule has 0 aliphatic carbocycles. The summed E-state index contributed by atoms with van der Waals surface area (Å²) in [4.78, 5) is 38.6. The highest BCUT2D eigenvalue weighted by molar-refractivity contribution is 5.81. The van der Waals surface area contributed by atoms with Crippen molar-refractivity contribution in [3.63, 3.8) is 0 Å². The summed E-state index contributed by atoms with van der Waals surface area (Å²) < 4.78 is 17.1. The minimum Gasteiger partial charge on any atom is -0.355 e. The first-order valence-electron chi connectivity index (χ1n) is 9.59. The van der Waals surface area contributed by atoms with Crippen molar-refractivity contribution in [2.24, 2.45) is 0 Å². The van der Waals surface area contributed by atoms with Crippen LogP contribution in [0.4, 0.5) is 4.39 Å². The number of halogens is 1. The van der Waals surface area contributed by atoms with Gasteiger partial charge in [-0.3, -0.25) is 23.4 Å². The lowest BCUT2D eigenvalue weighted by atomic mass is 10.2. The van der Waals surface area contributed by atoms with Crippen LogP contribution in [0, 0.1) is 12.7 Å². The van der Waals surface area contributed by atoms with Crippen LogP contribution in [0.2, 0.25) is 0 Å². The maximum atomic E-state index is 13.2. The predicted octanol–water partition coefficient (Wildman–Crippen LogP) is 1.40. The van der Waals surface area contributed by atoms with E-state index >= 15 is 0 Å². The highest BCUT2D eigenvalue weighted by atomic mass is 19.1. The zero-order chi connectivity index (χ0) is 21.1. The van der Waals surface area contributed by atoms with E-state index in [-0.39, 0.29) is 24.5 Å². The number of aromatic nitrogens is 4. The van der Waals surface area contributed by atoms with Crippen LogP contribution in [0.3, 0.4) is 0 Å². The number of rotatable bonds is 7. The van der Waals surface area contributed by atoms with Gasteiger partial charge in [0.25, 0.3) is 5.56 Å². The number of amides is 1. The fraction of sp³-hybridized carbons (Fsp3) is 0.400. The number of carbonyl (C=O) groups is 1. The zero-order valence-electron chi connectivity index (χ0n) is 16.7. The van der Waals surface area contributed by atoms with Gasteiger partial charge < -0.3 is 5.32 Å². The normalized spacial score (nSPS) is 11.2. The summed E-state index contributed by atoms with van der Waals surface area (Å²) >= 11 is 0. The molecule has 0 aliphatic heterocycles. The average Bonchev–Trinajstić information content (AvgIpc) is 3.04. The van der Waals surface area contributed by atoms with Gasteiger partial charge in [0.1, 0.15) is 17.9 Å². The standard InChI is InChI=1S/C20H24FN5O3/c1-4-10-22-16(27)12-24-17-13(3)23-26(5-2)18(17)19(28)25(20(24)29)11-14-6-8-15(21)9-7-14/h6-9H,4-5,10-12H2,1-3H3,(H,22,27). The van der Waals surface area contributed by atoms with Crippen LogP contribution >= 0.6 is 0 Å². The number of fused-ring (bicyclic) bond motifs is 1. The Morgan fingerprint density at radius 1 is 1.10 bits per heavy atom. The third kappa shape index (κ3) is 3.98. The molecular weight excluding hydrogens is 377 g/mol. The molecule has 3 rings (SSSR count). The summed E-state index contributed by atoms with van der Waals surface area (Å²) in [6.07, 6.45) is 0.771. The molecule has 0 bridgehead atoms. The van der Waals surface area contributed by atoms with Crippen LogP contribution < -0.4 is 16.6 Å². The third-order valence-corrected chi connectivity index (χ3v) is 4.70. The quantitative estimate of drug-likeness (QED) is 0.648. The maximum Gasteiger partial charge on any atom is 0.332 e. The Balaban J connectivity index is 2.20. The zero-order valence-corrected chi connectivity index (χ0v) is 16.7. The van der Waals surface area contributed by atoms with Crippen LogP contribution in [-0.4, -0.2) is 31.4 Å². The van der Waals surface area contributed by atoms with E-state index in [9.17, 15) is 18.8 Å². The van der Waals surface area contributed by atoms with Crippen molar-refractivity contribution in [3.8, 4) is 0 Å². The largest absolute Gasteiger partial charge is 0.355 e. The number of hydrogen-bond donors (Lipinski definition) is 1. The number of benzene rings is 1. The van der Waals surface area contributed by atoms with Crippen molar-refractivity contribution >= 4 is 16.9 Å². The van der Waals surface area contributed by atoms with E-state index in [0.29, 0.717) is 29.9 Å². The lowest BCUT2D eigenvalue weighted by Crippen LogP contribution is -2.43. The van der Waals surface area contributed by atoms with Crippen molar-refractivity contribution in [3.05, 3.63) is 62.2 Å². The van der Waals surface area contributed by atoms with Crippen LogP contribution in [0.15, 0.2) is 33.9 Å². The summed E-state index contributed by atoms with van der Waals surface area (Å²) in [5.74, 6) is -0.716. The van der Waals surface area contributed by atoms with Gasteiger partial charge in [-0.05, 0) is 38.0 Å². The van der Waals surface area contributed by atoms with Crippen LogP contribution in [0.25, 0.3) is 11.0 Å². The lowest BCUT2D eigenvalue weighted by molar-refractivity contribution is -0.121. The van der Waals surface area contributed by atoms with Gasteiger partial charge >= 0.3 is 5.69 Å². The number of hydrogen-bond acceptors (Lipinski definition) is 4. The van der Waals surface area contributed by atoms with Crippen LogP contribution in [-0.2, 0) is 24.4 Å². The van der Waals surface area contributed by atoms with E-state index in [0.717, 1.165) is 11.0 Å². The molecule has 0 fully saturated rings. The molecular formula is C20H24FN5O3. The lowest BCUT2D eigenvalue weighted by Gasteiger charge is -2.13. The van der Waals surface area contributed by atoms with Gasteiger partial charge in [-0.1, -0.05) is 19.1 Å². The van der Waals surface area contributed by atoms with Crippen molar-refractivity contribution in [2.75, 3.05) is 6.54 Å². The fourth-order valence-electron chi connectivity index (χ4n) is 3.31. The molecule has 2 heterocycles. The van der Waals surface area contributed by atoms with Gasteiger partial charge in [0.2, 0.25) is 5.91 Å². The smallest absolute Gasteiger partial charge is 0.332 e. The molecule has 8 nitrogen and oxygen atoms in total. The van der Waals surface area contributed by atoms with Gasteiger partial charge in [0, 0.05) is 13.1 Å². The maximum absolute atomic E-state index is 13.2. The fourth-order valence-corrected chi connectivity index (χ4v) is 3.31. The summed E-state index contributed by atoms with van der Waals surface area (Å²) in [6.45, 7) is 6.18. The molecule has 0 radical (unpaired) electrons. The molecule has 154 valence electrons. The van der Waals surface area contributed by atoms with Gasteiger partial charge in [-0.2, -0.15) is 5.10 Å². The molecule has 1 aromatic carbocycles. The third-order valence-electron chi connectivity index (χ3n) is 4.70. The molecule has 2 aromatic heterocycles. The molecule has 1 amide bonds. The van der Waals surface area contributed by atoms with E-state index in [1.54, 1.807) is 6.92 Å². The Morgan fingerprint density at radius 3 is 2.41 bits per heavy atom. The summed E-state index contributed by atoms with van der Waals surface area (Å²) in [7, 11) is 0. The van der Waals surface area contributed by atoms with Crippen molar-refractivity contribution in [1.29, 1.82) is 0 Å².